The molecule has 7 heteroatoms. The lowest BCUT2D eigenvalue weighted by atomic mass is 10.1. The average molecular weight is 325 g/mol. The summed E-state index contributed by atoms with van der Waals surface area (Å²) in [6, 6.07) is 1.46. The first-order valence-electron chi connectivity index (χ1n) is 5.73. The van der Waals surface area contributed by atoms with Crippen LogP contribution >= 0.6 is 34.5 Å². The van der Waals surface area contributed by atoms with Crippen molar-refractivity contribution in [1.82, 2.24) is 0 Å². The van der Waals surface area contributed by atoms with E-state index in [-0.39, 0.29) is 22.1 Å². The van der Waals surface area contributed by atoms with Crippen molar-refractivity contribution < 1.29 is 19.1 Å². The first-order valence-corrected chi connectivity index (χ1v) is 7.30. The van der Waals surface area contributed by atoms with Gasteiger partial charge in [0, 0.05) is 18.8 Å². The molecule has 0 aliphatic carbocycles. The van der Waals surface area contributed by atoms with Gasteiger partial charge in [-0.25, -0.2) is 0 Å². The Morgan fingerprint density at radius 2 is 1.84 bits per heavy atom. The summed E-state index contributed by atoms with van der Waals surface area (Å²) in [6.07, 6.45) is -1.33. The fraction of sp³-hybridized carbons (Fsp3) is 0.500. The van der Waals surface area contributed by atoms with Crippen LogP contribution in [0.25, 0.3) is 0 Å². The summed E-state index contributed by atoms with van der Waals surface area (Å²) >= 11 is 12.7. The minimum absolute atomic E-state index is 0.261. The van der Waals surface area contributed by atoms with Crippen molar-refractivity contribution in [1.29, 1.82) is 0 Å². The van der Waals surface area contributed by atoms with Crippen LogP contribution in [-0.2, 0) is 14.3 Å². The Bertz CT molecular complexity index is 453. The van der Waals surface area contributed by atoms with Crippen molar-refractivity contribution >= 4 is 46.1 Å². The van der Waals surface area contributed by atoms with Crippen LogP contribution < -0.4 is 0 Å². The number of halogens is 2. The van der Waals surface area contributed by atoms with Crippen LogP contribution in [0.3, 0.4) is 0 Å². The molecule has 0 saturated heterocycles. The number of carbonyl (C=O) groups is 2. The highest BCUT2D eigenvalue weighted by atomic mass is 35.5. The molecule has 0 spiro atoms. The van der Waals surface area contributed by atoms with E-state index in [2.05, 4.69) is 0 Å². The summed E-state index contributed by atoms with van der Waals surface area (Å²) in [5.74, 6) is -0.811. The lowest BCUT2D eigenvalue weighted by Crippen LogP contribution is -2.29. The first kappa shape index (κ1) is 16.6. The molecule has 4 nitrogen and oxygen atoms in total. The van der Waals surface area contributed by atoms with Gasteiger partial charge in [0.25, 0.3) is 0 Å². The van der Waals surface area contributed by atoms with Gasteiger partial charge in [-0.2, -0.15) is 0 Å². The Morgan fingerprint density at radius 1 is 1.26 bits per heavy atom. The summed E-state index contributed by atoms with van der Waals surface area (Å²) < 4.78 is 11.0. The van der Waals surface area contributed by atoms with E-state index < -0.39 is 12.1 Å². The van der Waals surface area contributed by atoms with Crippen molar-refractivity contribution in [2.75, 3.05) is 13.2 Å². The molecule has 0 saturated carbocycles. The highest BCUT2D eigenvalue weighted by Gasteiger charge is 2.24. The van der Waals surface area contributed by atoms with E-state index in [9.17, 15) is 9.59 Å². The van der Waals surface area contributed by atoms with Crippen LogP contribution in [0.2, 0.25) is 8.67 Å². The number of hydrogen-bond acceptors (Lipinski definition) is 5. The van der Waals surface area contributed by atoms with Crippen LogP contribution in [0.1, 0.15) is 30.6 Å². The summed E-state index contributed by atoms with van der Waals surface area (Å²) in [4.78, 5) is 23.8. The Kier molecular flexibility index (Phi) is 6.96. The van der Waals surface area contributed by atoms with E-state index >= 15 is 0 Å². The van der Waals surface area contributed by atoms with Crippen molar-refractivity contribution in [3.63, 3.8) is 0 Å². The number of carbonyl (C=O) groups excluding carboxylic acids is 2. The van der Waals surface area contributed by atoms with Gasteiger partial charge in [-0.15, -0.1) is 11.3 Å². The van der Waals surface area contributed by atoms with Crippen molar-refractivity contribution in [3.05, 3.63) is 20.3 Å². The summed E-state index contributed by atoms with van der Waals surface area (Å²) in [6.45, 7) is 4.15. The third-order valence-corrected chi connectivity index (χ3v) is 3.68. The maximum Gasteiger partial charge on any atom is 0.218 e. The van der Waals surface area contributed by atoms with Crippen LogP contribution in [0.15, 0.2) is 6.07 Å². The Morgan fingerprint density at radius 3 is 2.26 bits per heavy atom. The van der Waals surface area contributed by atoms with Gasteiger partial charge in [-0.3, -0.25) is 9.59 Å². The highest BCUT2D eigenvalue weighted by molar-refractivity contribution is 7.20. The molecule has 0 amide bonds. The van der Waals surface area contributed by atoms with Crippen molar-refractivity contribution in [2.45, 2.75) is 26.6 Å². The molecule has 0 aromatic carbocycles. The van der Waals surface area contributed by atoms with Gasteiger partial charge in [0.1, 0.15) is 4.34 Å². The number of ketones is 2. The monoisotopic (exact) mass is 324 g/mol. The van der Waals surface area contributed by atoms with Gasteiger partial charge in [0.2, 0.25) is 6.29 Å². The molecule has 0 bridgehead atoms. The standard InChI is InChI=1S/C12H14Cl2O4S/c1-3-17-12(18-4-2)9(16)6-8(15)7-5-10(13)19-11(7)14/h5,12H,3-4,6H2,1-2H3. The number of ether oxygens (including phenoxy) is 2. The Labute approximate surface area is 125 Å². The van der Waals surface area contributed by atoms with Gasteiger partial charge in [-0.1, -0.05) is 23.2 Å². The number of hydrogen-bond donors (Lipinski definition) is 0. The molecule has 0 unspecified atom stereocenters. The zero-order chi connectivity index (χ0) is 14.4. The molecule has 0 aliphatic rings. The van der Waals surface area contributed by atoms with Crippen LogP contribution in [0.4, 0.5) is 0 Å². The average Bonchev–Trinajstić information content (AvgIpc) is 2.68. The third-order valence-electron chi connectivity index (χ3n) is 2.19. The van der Waals surface area contributed by atoms with E-state index in [4.69, 9.17) is 32.7 Å². The maximum atomic E-state index is 11.9. The number of thiophene rings is 1. The van der Waals surface area contributed by atoms with Gasteiger partial charge in [0.05, 0.1) is 10.8 Å². The smallest absolute Gasteiger partial charge is 0.218 e. The third kappa shape index (κ3) is 4.85. The summed E-state index contributed by atoms with van der Waals surface area (Å²) in [5.41, 5.74) is 0.261. The molecule has 0 fully saturated rings. The minimum atomic E-state index is -1.01. The quantitative estimate of drug-likeness (QED) is 0.416. The predicted octanol–water partition coefficient (Wildman–Crippen LogP) is 3.60. The zero-order valence-electron chi connectivity index (χ0n) is 10.6. The molecule has 0 radical (unpaired) electrons. The molecule has 1 aromatic heterocycles. The lowest BCUT2D eigenvalue weighted by molar-refractivity contribution is -0.166. The normalized spacial score (nSPS) is 11.0. The summed E-state index contributed by atoms with van der Waals surface area (Å²) in [5, 5.41) is 0. The van der Waals surface area contributed by atoms with Crippen LogP contribution in [-0.4, -0.2) is 31.1 Å². The second kappa shape index (κ2) is 7.97. The molecule has 19 heavy (non-hydrogen) atoms. The second-order valence-corrected chi connectivity index (χ2v) is 5.83. The zero-order valence-corrected chi connectivity index (χ0v) is 12.9. The van der Waals surface area contributed by atoms with Crippen LogP contribution in [0, 0.1) is 0 Å². The molecule has 106 valence electrons. The molecular formula is C12H14Cl2O4S. The summed E-state index contributed by atoms with van der Waals surface area (Å²) in [7, 11) is 0. The SMILES string of the molecule is CCOC(OCC)C(=O)CC(=O)c1cc(Cl)sc1Cl. The molecule has 0 N–H and O–H groups in total. The number of rotatable bonds is 8. The Balaban J connectivity index is 2.69. The molecular weight excluding hydrogens is 311 g/mol. The maximum absolute atomic E-state index is 11.9. The molecule has 0 aliphatic heterocycles. The second-order valence-electron chi connectivity index (χ2n) is 3.55. The fourth-order valence-electron chi connectivity index (χ4n) is 1.40. The van der Waals surface area contributed by atoms with Gasteiger partial charge >= 0.3 is 0 Å². The highest BCUT2D eigenvalue weighted by Crippen LogP contribution is 2.32. The number of Topliss-reactive ketones (excluding diaryl/α,β-unsaturated/α-hetero) is 2. The van der Waals surface area contributed by atoms with E-state index in [1.54, 1.807) is 13.8 Å². The van der Waals surface area contributed by atoms with E-state index in [1.165, 1.54) is 6.07 Å². The fourth-order valence-corrected chi connectivity index (χ4v) is 2.90. The van der Waals surface area contributed by atoms with Crippen molar-refractivity contribution in [3.8, 4) is 0 Å². The Hall–Kier alpha value is -0.460. The van der Waals surface area contributed by atoms with Gasteiger partial charge < -0.3 is 9.47 Å². The largest absolute Gasteiger partial charge is 0.346 e. The molecule has 1 aromatic rings. The lowest BCUT2D eigenvalue weighted by Gasteiger charge is -2.14. The molecule has 1 rings (SSSR count). The van der Waals surface area contributed by atoms with Gasteiger partial charge in [-0.05, 0) is 19.9 Å². The first-order chi connectivity index (χ1) is 8.99. The van der Waals surface area contributed by atoms with Crippen molar-refractivity contribution in [2.24, 2.45) is 0 Å². The van der Waals surface area contributed by atoms with E-state index in [1.807, 2.05) is 0 Å². The van der Waals surface area contributed by atoms with Gasteiger partial charge in [0.15, 0.2) is 11.6 Å². The van der Waals surface area contributed by atoms with E-state index in [0.29, 0.717) is 17.6 Å². The molecule has 0 atom stereocenters. The topological polar surface area (TPSA) is 52.6 Å². The van der Waals surface area contributed by atoms with Crippen LogP contribution in [0.5, 0.6) is 0 Å². The van der Waals surface area contributed by atoms with E-state index in [0.717, 1.165) is 11.3 Å². The minimum Gasteiger partial charge on any atom is -0.346 e. The molecule has 1 heterocycles. The predicted molar refractivity (Wildman–Crippen MR) is 75.3 cm³/mol.